The predicted octanol–water partition coefficient (Wildman–Crippen LogP) is 0.858. The summed E-state index contributed by atoms with van der Waals surface area (Å²) < 4.78 is 39.1. The Morgan fingerprint density at radius 1 is 1.40 bits per heavy atom. The van der Waals surface area contributed by atoms with Crippen molar-refractivity contribution in [2.45, 2.75) is 12.5 Å². The second-order valence-electron chi connectivity index (χ2n) is 5.15. The zero-order valence-electron chi connectivity index (χ0n) is 11.2. The van der Waals surface area contributed by atoms with Gasteiger partial charge in [0.15, 0.2) is 21.3 Å². The van der Waals surface area contributed by atoms with Gasteiger partial charge in [-0.2, -0.15) is 0 Å². The monoisotopic (exact) mass is 299 g/mol. The van der Waals surface area contributed by atoms with E-state index in [-0.39, 0.29) is 30.3 Å². The van der Waals surface area contributed by atoms with E-state index in [9.17, 15) is 8.42 Å². The van der Waals surface area contributed by atoms with Crippen LogP contribution in [-0.2, 0) is 9.84 Å². The molecule has 2 aliphatic heterocycles. The zero-order chi connectivity index (χ0) is 14.3. The van der Waals surface area contributed by atoms with Gasteiger partial charge in [-0.05, 0) is 30.0 Å². The van der Waals surface area contributed by atoms with Crippen LogP contribution in [0.3, 0.4) is 0 Å². The highest BCUT2D eigenvalue weighted by atomic mass is 32.2. The quantitative estimate of drug-likeness (QED) is 0.890. The molecule has 0 spiro atoms. The maximum absolute atomic E-state index is 11.6. The Morgan fingerprint density at radius 3 is 2.85 bits per heavy atom. The predicted molar refractivity (Wildman–Crippen MR) is 72.8 cm³/mol. The van der Waals surface area contributed by atoms with E-state index in [2.05, 4.69) is 0 Å². The summed E-state index contributed by atoms with van der Waals surface area (Å²) in [6.45, 7) is 0.155. The molecule has 0 aromatic heterocycles. The van der Waals surface area contributed by atoms with Crippen molar-refractivity contribution in [3.63, 3.8) is 0 Å². The molecule has 0 bridgehead atoms. The third-order valence-electron chi connectivity index (χ3n) is 3.84. The first-order valence-corrected chi connectivity index (χ1v) is 8.26. The van der Waals surface area contributed by atoms with Crippen LogP contribution in [0.5, 0.6) is 17.2 Å². The number of methoxy groups -OCH3 is 1. The number of rotatable bonds is 3. The Kier molecular flexibility index (Phi) is 3.25. The molecule has 0 aliphatic carbocycles. The molecule has 1 fully saturated rings. The molecule has 0 radical (unpaired) electrons. The number of benzene rings is 1. The molecule has 7 heteroatoms. The van der Waals surface area contributed by atoms with Crippen molar-refractivity contribution in [2.24, 2.45) is 11.7 Å². The van der Waals surface area contributed by atoms with Crippen molar-refractivity contribution in [3.8, 4) is 17.2 Å². The van der Waals surface area contributed by atoms with Gasteiger partial charge in [-0.25, -0.2) is 8.42 Å². The molecule has 2 atom stereocenters. The second kappa shape index (κ2) is 4.82. The van der Waals surface area contributed by atoms with Crippen molar-refractivity contribution in [3.05, 3.63) is 17.7 Å². The average molecular weight is 299 g/mol. The third-order valence-corrected chi connectivity index (χ3v) is 5.63. The van der Waals surface area contributed by atoms with Gasteiger partial charge in [0, 0.05) is 6.04 Å². The molecule has 3 rings (SSSR count). The Morgan fingerprint density at radius 2 is 2.20 bits per heavy atom. The normalized spacial score (nSPS) is 24.6. The van der Waals surface area contributed by atoms with Gasteiger partial charge in [-0.3, -0.25) is 0 Å². The van der Waals surface area contributed by atoms with Crippen LogP contribution >= 0.6 is 0 Å². The molecule has 2 heterocycles. The standard InChI is InChI=1S/C13H17NO5S/c1-17-10-4-9(5-11-13(10)19-7-18-11)12(14)8-2-3-20(15,16)6-8/h4-5,8,12H,2-3,6-7,14H2,1H3. The molecule has 1 saturated heterocycles. The molecule has 2 aliphatic rings. The summed E-state index contributed by atoms with van der Waals surface area (Å²) in [6.07, 6.45) is 0.597. The lowest BCUT2D eigenvalue weighted by Gasteiger charge is -2.19. The number of hydrogen-bond donors (Lipinski definition) is 1. The van der Waals surface area contributed by atoms with Gasteiger partial charge in [-0.15, -0.1) is 0 Å². The van der Waals surface area contributed by atoms with Crippen LogP contribution in [0.2, 0.25) is 0 Å². The van der Waals surface area contributed by atoms with E-state index < -0.39 is 9.84 Å². The van der Waals surface area contributed by atoms with E-state index in [1.165, 1.54) is 0 Å². The number of sulfone groups is 1. The maximum Gasteiger partial charge on any atom is 0.231 e. The fourth-order valence-electron chi connectivity index (χ4n) is 2.72. The van der Waals surface area contributed by atoms with Crippen LogP contribution < -0.4 is 19.9 Å². The molecule has 0 amide bonds. The van der Waals surface area contributed by atoms with Crippen LogP contribution in [0.1, 0.15) is 18.0 Å². The minimum atomic E-state index is -2.94. The van der Waals surface area contributed by atoms with Gasteiger partial charge < -0.3 is 19.9 Å². The second-order valence-corrected chi connectivity index (χ2v) is 7.37. The Bertz CT molecular complexity index is 628. The molecule has 110 valence electrons. The fraction of sp³-hybridized carbons (Fsp3) is 0.538. The highest BCUT2D eigenvalue weighted by Crippen LogP contribution is 2.44. The first kappa shape index (κ1) is 13.5. The maximum atomic E-state index is 11.6. The summed E-state index contributed by atoms with van der Waals surface area (Å²) >= 11 is 0. The van der Waals surface area contributed by atoms with Crippen LogP contribution in [0.25, 0.3) is 0 Å². The summed E-state index contributed by atoms with van der Waals surface area (Å²) in [5.74, 6) is 2.02. The molecule has 2 unspecified atom stereocenters. The number of fused-ring (bicyclic) bond motifs is 1. The van der Waals surface area contributed by atoms with Gasteiger partial charge in [0.1, 0.15) is 0 Å². The molecule has 1 aromatic rings. The smallest absolute Gasteiger partial charge is 0.231 e. The van der Waals surface area contributed by atoms with Crippen molar-refractivity contribution >= 4 is 9.84 Å². The van der Waals surface area contributed by atoms with Gasteiger partial charge in [0.2, 0.25) is 12.5 Å². The minimum Gasteiger partial charge on any atom is -0.493 e. The number of hydrogen-bond acceptors (Lipinski definition) is 6. The van der Waals surface area contributed by atoms with E-state index in [4.69, 9.17) is 19.9 Å². The molecule has 1 aromatic carbocycles. The first-order chi connectivity index (χ1) is 9.50. The van der Waals surface area contributed by atoms with Gasteiger partial charge in [-0.1, -0.05) is 0 Å². The number of nitrogens with two attached hydrogens (primary N) is 1. The van der Waals surface area contributed by atoms with E-state index in [1.807, 2.05) is 0 Å². The Labute approximate surface area is 117 Å². The zero-order valence-corrected chi connectivity index (χ0v) is 12.0. The van der Waals surface area contributed by atoms with Crippen LogP contribution in [0.15, 0.2) is 12.1 Å². The highest BCUT2D eigenvalue weighted by Gasteiger charge is 2.34. The SMILES string of the molecule is COc1cc(C(N)C2CCS(=O)(=O)C2)cc2c1OCO2. The highest BCUT2D eigenvalue weighted by molar-refractivity contribution is 7.91. The van der Waals surface area contributed by atoms with Gasteiger partial charge in [0.25, 0.3) is 0 Å². The molecule has 6 nitrogen and oxygen atoms in total. The number of ether oxygens (including phenoxy) is 3. The summed E-state index contributed by atoms with van der Waals surface area (Å²) in [5.41, 5.74) is 7.04. The van der Waals surface area contributed by atoms with E-state index in [0.717, 1.165) is 5.56 Å². The molecule has 20 heavy (non-hydrogen) atoms. The van der Waals surface area contributed by atoms with Crippen molar-refractivity contribution in [2.75, 3.05) is 25.4 Å². The molecule has 0 saturated carbocycles. The van der Waals surface area contributed by atoms with Crippen molar-refractivity contribution < 1.29 is 22.6 Å². The lowest BCUT2D eigenvalue weighted by atomic mass is 9.93. The van der Waals surface area contributed by atoms with Crippen LogP contribution in [0.4, 0.5) is 0 Å². The van der Waals surface area contributed by atoms with Crippen LogP contribution in [0, 0.1) is 5.92 Å². The van der Waals surface area contributed by atoms with E-state index in [1.54, 1.807) is 19.2 Å². The fourth-order valence-corrected chi connectivity index (χ4v) is 4.58. The van der Waals surface area contributed by atoms with E-state index >= 15 is 0 Å². The summed E-state index contributed by atoms with van der Waals surface area (Å²) in [4.78, 5) is 0. The topological polar surface area (TPSA) is 87.9 Å². The molecule has 2 N–H and O–H groups in total. The Hall–Kier alpha value is -1.47. The minimum absolute atomic E-state index is 0.0647. The largest absolute Gasteiger partial charge is 0.493 e. The lowest BCUT2D eigenvalue weighted by Crippen LogP contribution is -2.22. The Balaban J connectivity index is 1.91. The third kappa shape index (κ3) is 2.31. The molecular weight excluding hydrogens is 282 g/mol. The van der Waals surface area contributed by atoms with Gasteiger partial charge >= 0.3 is 0 Å². The molecular formula is C13H17NO5S. The summed E-state index contributed by atoms with van der Waals surface area (Å²) in [5, 5.41) is 0. The summed E-state index contributed by atoms with van der Waals surface area (Å²) in [6, 6.07) is 3.25. The van der Waals surface area contributed by atoms with Gasteiger partial charge in [0.05, 0.1) is 18.6 Å². The summed E-state index contributed by atoms with van der Waals surface area (Å²) in [7, 11) is -1.39. The van der Waals surface area contributed by atoms with Crippen molar-refractivity contribution in [1.29, 1.82) is 0 Å². The van der Waals surface area contributed by atoms with Crippen molar-refractivity contribution in [1.82, 2.24) is 0 Å². The van der Waals surface area contributed by atoms with Crippen LogP contribution in [-0.4, -0.2) is 33.8 Å². The average Bonchev–Trinajstić information content (AvgIpc) is 3.02. The first-order valence-electron chi connectivity index (χ1n) is 6.44. The van der Waals surface area contributed by atoms with E-state index in [0.29, 0.717) is 23.7 Å². The lowest BCUT2D eigenvalue weighted by molar-refractivity contribution is 0.171.